The number of alkyl halides is 1. The van der Waals surface area contributed by atoms with Gasteiger partial charge in [0.25, 0.3) is 0 Å². The Morgan fingerprint density at radius 3 is 2.44 bits per heavy atom. The van der Waals surface area contributed by atoms with Gasteiger partial charge in [-0.3, -0.25) is 0 Å². The standard InChI is InChI=1S/C5H10BrNOS/c1-4(6)8-5(7-2)9-3/h4H,1-3H3. The summed E-state index contributed by atoms with van der Waals surface area (Å²) in [5, 5.41) is 0.753. The molecule has 0 rings (SSSR count). The van der Waals surface area contributed by atoms with Crippen molar-refractivity contribution in [2.45, 2.75) is 11.9 Å². The molecule has 1 atom stereocenters. The van der Waals surface area contributed by atoms with Gasteiger partial charge >= 0.3 is 0 Å². The van der Waals surface area contributed by atoms with Gasteiger partial charge in [0.15, 0.2) is 5.01 Å². The Kier molecular flexibility index (Phi) is 5.28. The van der Waals surface area contributed by atoms with Crippen LogP contribution in [0.2, 0.25) is 0 Å². The summed E-state index contributed by atoms with van der Waals surface area (Å²) in [6, 6.07) is 0. The predicted molar refractivity (Wildman–Crippen MR) is 46.3 cm³/mol. The molecular weight excluding hydrogens is 202 g/mol. The monoisotopic (exact) mass is 211 g/mol. The van der Waals surface area contributed by atoms with Crippen LogP contribution in [0.5, 0.6) is 0 Å². The van der Waals surface area contributed by atoms with Crippen LogP contribution in [0, 0.1) is 0 Å². The maximum Gasteiger partial charge on any atom is 0.246 e. The van der Waals surface area contributed by atoms with Gasteiger partial charge in [-0.2, -0.15) is 0 Å². The van der Waals surface area contributed by atoms with E-state index in [-0.39, 0.29) is 5.01 Å². The summed E-state index contributed by atoms with van der Waals surface area (Å²) in [5.41, 5.74) is 0. The molecule has 0 saturated carbocycles. The Morgan fingerprint density at radius 2 is 2.33 bits per heavy atom. The first kappa shape index (κ1) is 9.30. The summed E-state index contributed by atoms with van der Waals surface area (Å²) >= 11 is 4.74. The molecule has 0 spiro atoms. The third-order valence-corrected chi connectivity index (χ3v) is 1.44. The predicted octanol–water partition coefficient (Wildman–Crippen LogP) is 2.09. The smallest absolute Gasteiger partial charge is 0.246 e. The second-order valence-electron chi connectivity index (χ2n) is 1.35. The molecule has 0 saturated heterocycles. The largest absolute Gasteiger partial charge is 0.458 e. The number of aliphatic imine (C=N–C) groups is 1. The van der Waals surface area contributed by atoms with E-state index in [4.69, 9.17) is 4.74 Å². The Labute approximate surface area is 68.2 Å². The highest BCUT2D eigenvalue weighted by atomic mass is 79.9. The van der Waals surface area contributed by atoms with Crippen molar-refractivity contribution >= 4 is 32.9 Å². The molecule has 1 unspecified atom stereocenters. The van der Waals surface area contributed by atoms with Crippen molar-refractivity contribution in [1.29, 1.82) is 0 Å². The van der Waals surface area contributed by atoms with Gasteiger partial charge < -0.3 is 4.74 Å². The molecule has 0 aromatic heterocycles. The van der Waals surface area contributed by atoms with E-state index < -0.39 is 0 Å². The Balaban J connectivity index is 3.58. The Bertz CT molecular complexity index is 105. The Hall–Kier alpha value is 0.300. The maximum absolute atomic E-state index is 5.18. The highest BCUT2D eigenvalue weighted by Crippen LogP contribution is 2.07. The second-order valence-corrected chi connectivity index (χ2v) is 3.40. The highest BCUT2D eigenvalue weighted by molar-refractivity contribution is 9.09. The minimum Gasteiger partial charge on any atom is -0.458 e. The summed E-state index contributed by atoms with van der Waals surface area (Å²) in [6.45, 7) is 1.90. The van der Waals surface area contributed by atoms with E-state index in [1.807, 2.05) is 13.2 Å². The van der Waals surface area contributed by atoms with E-state index in [0.29, 0.717) is 5.23 Å². The van der Waals surface area contributed by atoms with Crippen molar-refractivity contribution in [1.82, 2.24) is 0 Å². The molecular formula is C5H10BrNOS. The van der Waals surface area contributed by atoms with E-state index in [1.165, 1.54) is 11.8 Å². The number of rotatable bonds is 1. The molecule has 0 fully saturated rings. The number of ether oxygens (including phenoxy) is 1. The first-order valence-corrected chi connectivity index (χ1v) is 4.66. The van der Waals surface area contributed by atoms with Crippen molar-refractivity contribution in [3.8, 4) is 0 Å². The van der Waals surface area contributed by atoms with Gasteiger partial charge in [0.2, 0.25) is 5.23 Å². The van der Waals surface area contributed by atoms with E-state index in [9.17, 15) is 0 Å². The van der Waals surface area contributed by atoms with Crippen molar-refractivity contribution < 1.29 is 4.74 Å². The minimum absolute atomic E-state index is 0.0450. The fourth-order valence-electron chi connectivity index (χ4n) is 0.331. The molecule has 0 aliphatic rings. The molecule has 0 aliphatic heterocycles. The lowest BCUT2D eigenvalue weighted by Gasteiger charge is -2.06. The van der Waals surface area contributed by atoms with Crippen molar-refractivity contribution in [2.75, 3.05) is 13.3 Å². The molecule has 2 nitrogen and oxygen atoms in total. The number of hydrogen-bond acceptors (Lipinski definition) is 3. The fraction of sp³-hybridized carbons (Fsp3) is 0.800. The zero-order chi connectivity index (χ0) is 7.28. The van der Waals surface area contributed by atoms with Crippen LogP contribution in [0.4, 0.5) is 0 Å². The van der Waals surface area contributed by atoms with Crippen LogP contribution in [0.1, 0.15) is 6.92 Å². The quantitative estimate of drug-likeness (QED) is 0.377. The molecule has 0 aliphatic carbocycles. The van der Waals surface area contributed by atoms with E-state index in [2.05, 4.69) is 20.9 Å². The zero-order valence-electron chi connectivity index (χ0n) is 5.72. The van der Waals surface area contributed by atoms with E-state index in [1.54, 1.807) is 7.05 Å². The third-order valence-electron chi connectivity index (χ3n) is 0.620. The molecule has 54 valence electrons. The molecule has 4 heteroatoms. The van der Waals surface area contributed by atoms with Crippen LogP contribution < -0.4 is 0 Å². The molecule has 9 heavy (non-hydrogen) atoms. The summed E-state index contributed by atoms with van der Waals surface area (Å²) in [6.07, 6.45) is 1.93. The van der Waals surface area contributed by atoms with Crippen LogP contribution in [0.25, 0.3) is 0 Å². The third kappa shape index (κ3) is 4.78. The first-order valence-electron chi connectivity index (χ1n) is 2.52. The molecule has 0 N–H and O–H groups in total. The van der Waals surface area contributed by atoms with Gasteiger partial charge in [-0.1, -0.05) is 11.8 Å². The average molecular weight is 212 g/mol. The molecule has 0 aromatic carbocycles. The summed E-state index contributed by atoms with van der Waals surface area (Å²) in [7, 11) is 1.71. The summed E-state index contributed by atoms with van der Waals surface area (Å²) in [5.74, 6) is 0. The van der Waals surface area contributed by atoms with Gasteiger partial charge in [-0.15, -0.1) is 0 Å². The minimum atomic E-state index is 0.0450. The van der Waals surface area contributed by atoms with Crippen molar-refractivity contribution in [2.24, 2.45) is 4.99 Å². The summed E-state index contributed by atoms with van der Waals surface area (Å²) in [4.78, 5) is 3.87. The maximum atomic E-state index is 5.18. The van der Waals surface area contributed by atoms with E-state index >= 15 is 0 Å². The second kappa shape index (κ2) is 5.11. The highest BCUT2D eigenvalue weighted by Gasteiger charge is 1.99. The number of halogens is 1. The molecule has 0 radical (unpaired) electrons. The van der Waals surface area contributed by atoms with Crippen LogP contribution >= 0.6 is 27.7 Å². The number of hydrogen-bond donors (Lipinski definition) is 0. The average Bonchev–Trinajstić information content (AvgIpc) is 1.82. The normalized spacial score (nSPS) is 15.3. The SMILES string of the molecule is CN=C(OC(C)Br)SC. The lowest BCUT2D eigenvalue weighted by atomic mass is 10.9. The van der Waals surface area contributed by atoms with Gasteiger partial charge in [0.05, 0.1) is 0 Å². The van der Waals surface area contributed by atoms with Crippen molar-refractivity contribution in [3.05, 3.63) is 0 Å². The van der Waals surface area contributed by atoms with Crippen LogP contribution in [0.15, 0.2) is 4.99 Å². The van der Waals surface area contributed by atoms with Gasteiger partial charge in [-0.25, -0.2) is 4.99 Å². The van der Waals surface area contributed by atoms with Crippen LogP contribution in [-0.2, 0) is 4.74 Å². The number of nitrogens with zero attached hydrogens (tertiary/aromatic N) is 1. The van der Waals surface area contributed by atoms with Gasteiger partial charge in [-0.05, 0) is 29.1 Å². The van der Waals surface area contributed by atoms with E-state index in [0.717, 1.165) is 0 Å². The van der Waals surface area contributed by atoms with Gasteiger partial charge in [0.1, 0.15) is 0 Å². The lowest BCUT2D eigenvalue weighted by Crippen LogP contribution is -2.04. The molecule has 0 bridgehead atoms. The topological polar surface area (TPSA) is 21.6 Å². The number of thioether (sulfide) groups is 1. The van der Waals surface area contributed by atoms with Crippen LogP contribution in [0.3, 0.4) is 0 Å². The summed E-state index contributed by atoms with van der Waals surface area (Å²) < 4.78 is 5.18. The van der Waals surface area contributed by atoms with Crippen LogP contribution in [-0.4, -0.2) is 23.5 Å². The first-order chi connectivity index (χ1) is 4.20. The molecule has 0 aromatic rings. The van der Waals surface area contributed by atoms with Crippen molar-refractivity contribution in [3.63, 3.8) is 0 Å². The molecule has 0 heterocycles. The Morgan fingerprint density at radius 1 is 1.78 bits per heavy atom. The van der Waals surface area contributed by atoms with Gasteiger partial charge in [0, 0.05) is 7.05 Å². The zero-order valence-corrected chi connectivity index (χ0v) is 8.12. The molecule has 0 amide bonds. The lowest BCUT2D eigenvalue weighted by molar-refractivity contribution is 0.310. The fourth-order valence-corrected chi connectivity index (χ4v) is 1.05.